The van der Waals surface area contributed by atoms with Crippen molar-refractivity contribution >= 4 is 0 Å². The topological polar surface area (TPSA) is 15.3 Å². The highest BCUT2D eigenvalue weighted by Crippen LogP contribution is 2.28. The molecule has 3 atom stereocenters. The van der Waals surface area contributed by atoms with Crippen molar-refractivity contribution in [3.05, 3.63) is 35.4 Å². The molecule has 21 heavy (non-hydrogen) atoms. The Morgan fingerprint density at radius 1 is 1.14 bits per heavy atom. The van der Waals surface area contributed by atoms with E-state index in [1.807, 2.05) is 0 Å². The minimum Gasteiger partial charge on any atom is -0.309 e. The Balaban J connectivity index is 2.10. The van der Waals surface area contributed by atoms with Crippen molar-refractivity contribution in [3.8, 4) is 0 Å². The molecule has 1 saturated heterocycles. The van der Waals surface area contributed by atoms with Crippen LogP contribution in [0.1, 0.15) is 64.1 Å². The van der Waals surface area contributed by atoms with Gasteiger partial charge in [-0.25, -0.2) is 0 Å². The molecule has 1 aliphatic rings. The fourth-order valence-corrected chi connectivity index (χ4v) is 3.62. The van der Waals surface area contributed by atoms with E-state index in [9.17, 15) is 0 Å². The monoisotopic (exact) mass is 288 g/mol. The molecule has 1 heterocycles. The van der Waals surface area contributed by atoms with Crippen LogP contribution in [0.4, 0.5) is 0 Å². The van der Waals surface area contributed by atoms with Gasteiger partial charge in [-0.15, -0.1) is 0 Å². The number of benzene rings is 1. The number of likely N-dealkylation sites (tertiary alicyclic amines) is 1. The molecule has 0 bridgehead atoms. The molecule has 0 aliphatic carbocycles. The normalized spacial score (nSPS) is 24.4. The van der Waals surface area contributed by atoms with Crippen molar-refractivity contribution in [1.29, 1.82) is 0 Å². The van der Waals surface area contributed by atoms with Crippen LogP contribution in [0.3, 0.4) is 0 Å². The average molecular weight is 288 g/mol. The summed E-state index contributed by atoms with van der Waals surface area (Å²) in [6, 6.07) is 11.1. The van der Waals surface area contributed by atoms with E-state index in [1.165, 1.54) is 30.4 Å². The van der Waals surface area contributed by atoms with Gasteiger partial charge in [0, 0.05) is 24.7 Å². The summed E-state index contributed by atoms with van der Waals surface area (Å²) >= 11 is 0. The maximum absolute atomic E-state index is 3.69. The zero-order chi connectivity index (χ0) is 15.2. The molecule has 1 aromatic rings. The van der Waals surface area contributed by atoms with Crippen molar-refractivity contribution < 1.29 is 0 Å². The highest BCUT2D eigenvalue weighted by molar-refractivity contribution is 5.25. The molecule has 2 heteroatoms. The van der Waals surface area contributed by atoms with Crippen molar-refractivity contribution in [1.82, 2.24) is 10.2 Å². The van der Waals surface area contributed by atoms with Gasteiger partial charge in [-0.2, -0.15) is 0 Å². The van der Waals surface area contributed by atoms with Gasteiger partial charge in [0.25, 0.3) is 0 Å². The van der Waals surface area contributed by atoms with E-state index >= 15 is 0 Å². The Bertz CT molecular complexity index is 412. The number of nitrogens with one attached hydrogen (secondary N) is 1. The SMILES string of the molecule is CCNC(CN1C(C)CCC1CC)c1ccc(CC)cc1. The molecule has 0 saturated carbocycles. The van der Waals surface area contributed by atoms with Gasteiger partial charge in [0.05, 0.1) is 0 Å². The van der Waals surface area contributed by atoms with Gasteiger partial charge in [0.15, 0.2) is 0 Å². The predicted molar refractivity (Wildman–Crippen MR) is 91.7 cm³/mol. The van der Waals surface area contributed by atoms with Crippen molar-refractivity contribution in [2.24, 2.45) is 0 Å². The number of hydrogen-bond donors (Lipinski definition) is 1. The van der Waals surface area contributed by atoms with Crippen molar-refractivity contribution in [3.63, 3.8) is 0 Å². The predicted octanol–water partition coefficient (Wildman–Crippen LogP) is 4.16. The lowest BCUT2D eigenvalue weighted by Gasteiger charge is -2.32. The molecule has 1 aliphatic heterocycles. The molecule has 1 N–H and O–H groups in total. The lowest BCUT2D eigenvalue weighted by Crippen LogP contribution is -2.41. The average Bonchev–Trinajstić information content (AvgIpc) is 2.87. The Morgan fingerprint density at radius 2 is 1.86 bits per heavy atom. The minimum atomic E-state index is 0.454. The largest absolute Gasteiger partial charge is 0.309 e. The lowest BCUT2D eigenvalue weighted by atomic mass is 10.0. The first kappa shape index (κ1) is 16.5. The quantitative estimate of drug-likeness (QED) is 0.810. The summed E-state index contributed by atoms with van der Waals surface area (Å²) in [5, 5.41) is 3.69. The van der Waals surface area contributed by atoms with Crippen molar-refractivity contribution in [2.45, 2.75) is 71.5 Å². The van der Waals surface area contributed by atoms with Crippen LogP contribution in [0, 0.1) is 0 Å². The van der Waals surface area contributed by atoms with Crippen LogP contribution < -0.4 is 5.32 Å². The smallest absolute Gasteiger partial charge is 0.0449 e. The molecule has 0 radical (unpaired) electrons. The molecule has 1 fully saturated rings. The number of hydrogen-bond acceptors (Lipinski definition) is 2. The van der Waals surface area contributed by atoms with E-state index in [2.05, 4.69) is 62.2 Å². The van der Waals surface area contributed by atoms with Crippen LogP contribution in [-0.2, 0) is 6.42 Å². The summed E-state index contributed by atoms with van der Waals surface area (Å²) in [4.78, 5) is 2.72. The van der Waals surface area contributed by atoms with E-state index in [4.69, 9.17) is 0 Å². The highest BCUT2D eigenvalue weighted by atomic mass is 15.2. The second-order valence-corrected chi connectivity index (χ2v) is 6.39. The molecular formula is C19H32N2. The molecule has 3 unspecified atom stereocenters. The maximum Gasteiger partial charge on any atom is 0.0449 e. The third-order valence-electron chi connectivity index (χ3n) is 5.06. The van der Waals surface area contributed by atoms with Gasteiger partial charge in [-0.05, 0) is 50.3 Å². The third kappa shape index (κ3) is 4.08. The molecule has 2 rings (SSSR count). The Hall–Kier alpha value is -0.860. The third-order valence-corrected chi connectivity index (χ3v) is 5.06. The van der Waals surface area contributed by atoms with Gasteiger partial charge < -0.3 is 5.32 Å². The van der Waals surface area contributed by atoms with Crippen LogP contribution in [0.2, 0.25) is 0 Å². The number of likely N-dealkylation sites (N-methyl/N-ethyl adjacent to an activating group) is 1. The van der Waals surface area contributed by atoms with E-state index < -0.39 is 0 Å². The first-order valence-corrected chi connectivity index (χ1v) is 8.77. The fraction of sp³-hybridized carbons (Fsp3) is 0.684. The second kappa shape index (κ2) is 7.95. The van der Waals surface area contributed by atoms with Crippen molar-refractivity contribution in [2.75, 3.05) is 13.1 Å². The van der Waals surface area contributed by atoms with E-state index in [0.717, 1.165) is 31.6 Å². The number of rotatable bonds is 7. The lowest BCUT2D eigenvalue weighted by molar-refractivity contribution is 0.177. The first-order valence-electron chi connectivity index (χ1n) is 8.77. The number of nitrogens with zero attached hydrogens (tertiary/aromatic N) is 1. The minimum absolute atomic E-state index is 0.454. The van der Waals surface area contributed by atoms with Crippen LogP contribution >= 0.6 is 0 Å². The van der Waals surface area contributed by atoms with Crippen LogP contribution in [0.25, 0.3) is 0 Å². The molecule has 0 aromatic heterocycles. The summed E-state index contributed by atoms with van der Waals surface area (Å²) in [7, 11) is 0. The summed E-state index contributed by atoms with van der Waals surface area (Å²) in [5.41, 5.74) is 2.86. The number of aryl methyl sites for hydroxylation is 1. The van der Waals surface area contributed by atoms with Gasteiger partial charge >= 0.3 is 0 Å². The van der Waals surface area contributed by atoms with E-state index in [0.29, 0.717) is 6.04 Å². The van der Waals surface area contributed by atoms with E-state index in [1.54, 1.807) is 0 Å². The first-order chi connectivity index (χ1) is 10.2. The molecule has 0 spiro atoms. The van der Waals surface area contributed by atoms with E-state index in [-0.39, 0.29) is 0 Å². The summed E-state index contributed by atoms with van der Waals surface area (Å²) < 4.78 is 0. The van der Waals surface area contributed by atoms with Gasteiger partial charge in [-0.1, -0.05) is 45.0 Å². The standard InChI is InChI=1S/C19H32N2/c1-5-16-9-11-17(12-10-16)19(20-7-3)14-21-15(4)8-13-18(21)6-2/h9-12,15,18-20H,5-8,13-14H2,1-4H3. The molecular weight excluding hydrogens is 256 g/mol. The summed E-state index contributed by atoms with van der Waals surface area (Å²) in [6.07, 6.45) is 5.11. The maximum atomic E-state index is 3.69. The second-order valence-electron chi connectivity index (χ2n) is 6.39. The van der Waals surface area contributed by atoms with Gasteiger partial charge in [0.2, 0.25) is 0 Å². The molecule has 118 valence electrons. The Kier molecular flexibility index (Phi) is 6.25. The fourth-order valence-electron chi connectivity index (χ4n) is 3.62. The highest BCUT2D eigenvalue weighted by Gasteiger charge is 2.31. The molecule has 0 amide bonds. The summed E-state index contributed by atoms with van der Waals surface area (Å²) in [6.45, 7) is 11.3. The van der Waals surface area contributed by atoms with Crippen LogP contribution in [-0.4, -0.2) is 30.1 Å². The summed E-state index contributed by atoms with van der Waals surface area (Å²) in [5.74, 6) is 0. The van der Waals surface area contributed by atoms with Gasteiger partial charge in [0.1, 0.15) is 0 Å². The Labute approximate surface area is 130 Å². The zero-order valence-corrected chi connectivity index (χ0v) is 14.2. The molecule has 1 aromatic carbocycles. The van der Waals surface area contributed by atoms with Gasteiger partial charge in [-0.3, -0.25) is 4.90 Å². The van der Waals surface area contributed by atoms with Crippen LogP contribution in [0.5, 0.6) is 0 Å². The van der Waals surface area contributed by atoms with Crippen LogP contribution in [0.15, 0.2) is 24.3 Å². The zero-order valence-electron chi connectivity index (χ0n) is 14.2. The Morgan fingerprint density at radius 3 is 2.43 bits per heavy atom. The molecule has 2 nitrogen and oxygen atoms in total.